The van der Waals surface area contributed by atoms with E-state index in [-0.39, 0.29) is 6.04 Å². The number of nitrogens with zero attached hydrogens (tertiary/aromatic N) is 2. The van der Waals surface area contributed by atoms with Crippen LogP contribution in [0.1, 0.15) is 25.8 Å². The Hall–Kier alpha value is -1.20. The van der Waals surface area contributed by atoms with Gasteiger partial charge in [-0.25, -0.2) is 0 Å². The number of rotatable bonds is 3. The number of thiophene rings is 1. The Bertz CT molecular complexity index is 422. The van der Waals surface area contributed by atoms with E-state index >= 15 is 0 Å². The summed E-state index contributed by atoms with van der Waals surface area (Å²) >= 11 is 1.58. The van der Waals surface area contributed by atoms with E-state index in [1.54, 1.807) is 11.3 Å². The Balaban J connectivity index is 2.25. The lowest BCUT2D eigenvalue weighted by atomic mass is 10.1. The van der Waals surface area contributed by atoms with Crippen molar-refractivity contribution in [1.82, 2.24) is 10.1 Å². The molecule has 0 radical (unpaired) electrons. The molecular formula is C10H13N3OS. The van der Waals surface area contributed by atoms with E-state index in [1.165, 1.54) is 0 Å². The summed E-state index contributed by atoms with van der Waals surface area (Å²) in [6.07, 6.45) is 0. The molecule has 2 aromatic heterocycles. The molecular weight excluding hydrogens is 210 g/mol. The van der Waals surface area contributed by atoms with Crippen molar-refractivity contribution in [2.45, 2.75) is 19.9 Å². The Kier molecular flexibility index (Phi) is 2.83. The maximum Gasteiger partial charge on any atom is 0.244 e. The van der Waals surface area contributed by atoms with Crippen LogP contribution in [-0.4, -0.2) is 10.1 Å². The zero-order chi connectivity index (χ0) is 10.8. The van der Waals surface area contributed by atoms with Crippen molar-refractivity contribution in [1.29, 1.82) is 0 Å². The first-order valence-corrected chi connectivity index (χ1v) is 5.69. The maximum absolute atomic E-state index is 5.91. The van der Waals surface area contributed by atoms with Crippen LogP contribution in [0.25, 0.3) is 10.7 Å². The largest absolute Gasteiger partial charge is 0.337 e. The van der Waals surface area contributed by atoms with E-state index in [9.17, 15) is 0 Å². The van der Waals surface area contributed by atoms with Gasteiger partial charge in [-0.15, -0.1) is 11.3 Å². The first-order valence-electron chi connectivity index (χ1n) is 4.81. The third-order valence-electron chi connectivity index (χ3n) is 2.19. The molecule has 2 heterocycles. The molecule has 80 valence electrons. The summed E-state index contributed by atoms with van der Waals surface area (Å²) < 4.78 is 5.13. The lowest BCUT2D eigenvalue weighted by Crippen LogP contribution is -2.16. The van der Waals surface area contributed by atoms with Crippen molar-refractivity contribution in [2.75, 3.05) is 0 Å². The Morgan fingerprint density at radius 1 is 1.47 bits per heavy atom. The monoisotopic (exact) mass is 223 g/mol. The molecule has 0 saturated carbocycles. The van der Waals surface area contributed by atoms with Gasteiger partial charge in [0.2, 0.25) is 11.7 Å². The summed E-state index contributed by atoms with van der Waals surface area (Å²) in [4.78, 5) is 5.28. The first kappa shape index (κ1) is 10.3. The highest BCUT2D eigenvalue weighted by Gasteiger charge is 2.18. The predicted octanol–water partition coefficient (Wildman–Crippen LogP) is 2.45. The van der Waals surface area contributed by atoms with Gasteiger partial charge in [-0.05, 0) is 17.4 Å². The molecule has 2 rings (SSSR count). The topological polar surface area (TPSA) is 64.9 Å². The normalized spacial score (nSPS) is 13.3. The zero-order valence-corrected chi connectivity index (χ0v) is 9.49. The van der Waals surface area contributed by atoms with Crippen molar-refractivity contribution in [3.63, 3.8) is 0 Å². The molecule has 5 heteroatoms. The van der Waals surface area contributed by atoms with Gasteiger partial charge >= 0.3 is 0 Å². The minimum Gasteiger partial charge on any atom is -0.337 e. The molecule has 2 N–H and O–H groups in total. The van der Waals surface area contributed by atoms with Gasteiger partial charge in [0.05, 0.1) is 10.9 Å². The number of aromatic nitrogens is 2. The molecule has 0 aliphatic carbocycles. The van der Waals surface area contributed by atoms with Crippen LogP contribution in [-0.2, 0) is 0 Å². The highest BCUT2D eigenvalue weighted by Crippen LogP contribution is 2.24. The average molecular weight is 223 g/mol. The molecule has 0 aliphatic rings. The summed E-state index contributed by atoms with van der Waals surface area (Å²) in [7, 11) is 0. The third-order valence-corrected chi connectivity index (χ3v) is 3.05. The Morgan fingerprint density at radius 2 is 2.27 bits per heavy atom. The fraction of sp³-hybridized carbons (Fsp3) is 0.400. The van der Waals surface area contributed by atoms with Gasteiger partial charge in [-0.1, -0.05) is 25.1 Å². The van der Waals surface area contributed by atoms with Crippen molar-refractivity contribution in [3.8, 4) is 10.7 Å². The van der Waals surface area contributed by atoms with Gasteiger partial charge in [0.1, 0.15) is 0 Å². The highest BCUT2D eigenvalue weighted by molar-refractivity contribution is 7.13. The average Bonchev–Trinajstić information content (AvgIpc) is 2.86. The van der Waals surface area contributed by atoms with Crippen LogP contribution in [0.2, 0.25) is 0 Å². The van der Waals surface area contributed by atoms with Crippen LogP contribution in [0.5, 0.6) is 0 Å². The molecule has 0 amide bonds. The van der Waals surface area contributed by atoms with Gasteiger partial charge in [-0.2, -0.15) is 4.98 Å². The smallest absolute Gasteiger partial charge is 0.244 e. The molecule has 4 nitrogen and oxygen atoms in total. The van der Waals surface area contributed by atoms with E-state index in [0.717, 1.165) is 4.88 Å². The molecule has 15 heavy (non-hydrogen) atoms. The molecule has 0 bridgehead atoms. The highest BCUT2D eigenvalue weighted by atomic mass is 32.1. The van der Waals surface area contributed by atoms with E-state index in [1.807, 2.05) is 31.4 Å². The Morgan fingerprint density at radius 3 is 2.87 bits per heavy atom. The molecule has 0 aliphatic heterocycles. The van der Waals surface area contributed by atoms with Gasteiger partial charge in [-0.3, -0.25) is 0 Å². The quantitative estimate of drug-likeness (QED) is 0.868. The van der Waals surface area contributed by atoms with Gasteiger partial charge in [0.25, 0.3) is 0 Å². The zero-order valence-electron chi connectivity index (χ0n) is 8.68. The predicted molar refractivity (Wildman–Crippen MR) is 59.4 cm³/mol. The van der Waals surface area contributed by atoms with Crippen molar-refractivity contribution < 1.29 is 4.52 Å². The van der Waals surface area contributed by atoms with Gasteiger partial charge in [0, 0.05) is 0 Å². The number of nitrogens with two attached hydrogens (primary N) is 1. The number of hydrogen-bond acceptors (Lipinski definition) is 5. The second-order valence-corrected chi connectivity index (χ2v) is 4.65. The van der Waals surface area contributed by atoms with Gasteiger partial charge < -0.3 is 10.3 Å². The van der Waals surface area contributed by atoms with Crippen LogP contribution in [0, 0.1) is 5.92 Å². The molecule has 1 atom stereocenters. The first-order chi connectivity index (χ1) is 7.18. The maximum atomic E-state index is 5.91. The molecule has 0 aromatic carbocycles. The van der Waals surface area contributed by atoms with E-state index < -0.39 is 0 Å². The fourth-order valence-electron chi connectivity index (χ4n) is 1.16. The summed E-state index contributed by atoms with van der Waals surface area (Å²) in [6, 6.07) is 3.73. The minimum absolute atomic E-state index is 0.189. The van der Waals surface area contributed by atoms with Gasteiger partial charge in [0.15, 0.2) is 0 Å². The Labute approximate surface area is 92.1 Å². The minimum atomic E-state index is -0.189. The molecule has 2 aromatic rings. The van der Waals surface area contributed by atoms with E-state index in [0.29, 0.717) is 17.6 Å². The van der Waals surface area contributed by atoms with Crippen LogP contribution >= 0.6 is 11.3 Å². The van der Waals surface area contributed by atoms with Crippen LogP contribution in [0.4, 0.5) is 0 Å². The SMILES string of the molecule is CC(C)C(N)c1nc(-c2cccs2)no1. The van der Waals surface area contributed by atoms with E-state index in [4.69, 9.17) is 10.3 Å². The van der Waals surface area contributed by atoms with E-state index in [2.05, 4.69) is 10.1 Å². The summed E-state index contributed by atoms with van der Waals surface area (Å²) in [5, 5.41) is 5.89. The standard InChI is InChI=1S/C10H13N3OS/c1-6(2)8(11)10-12-9(13-14-10)7-4-3-5-15-7/h3-6,8H,11H2,1-2H3. The second-order valence-electron chi connectivity index (χ2n) is 3.70. The second kappa shape index (κ2) is 4.12. The van der Waals surface area contributed by atoms with Crippen molar-refractivity contribution >= 4 is 11.3 Å². The molecule has 1 unspecified atom stereocenters. The molecule has 0 saturated heterocycles. The summed E-state index contributed by atoms with van der Waals surface area (Å²) in [5.41, 5.74) is 5.91. The molecule has 0 fully saturated rings. The molecule has 0 spiro atoms. The van der Waals surface area contributed by atoms with Crippen molar-refractivity contribution in [3.05, 3.63) is 23.4 Å². The summed E-state index contributed by atoms with van der Waals surface area (Å²) in [5.74, 6) is 1.42. The van der Waals surface area contributed by atoms with Crippen LogP contribution in [0.15, 0.2) is 22.0 Å². The lowest BCUT2D eigenvalue weighted by molar-refractivity contribution is 0.325. The van der Waals surface area contributed by atoms with Crippen LogP contribution in [0.3, 0.4) is 0 Å². The van der Waals surface area contributed by atoms with Crippen LogP contribution < -0.4 is 5.73 Å². The fourth-order valence-corrected chi connectivity index (χ4v) is 1.81. The summed E-state index contributed by atoms with van der Waals surface area (Å²) in [6.45, 7) is 4.05. The third kappa shape index (κ3) is 2.08. The van der Waals surface area contributed by atoms with Crippen molar-refractivity contribution in [2.24, 2.45) is 11.7 Å². The lowest BCUT2D eigenvalue weighted by Gasteiger charge is -2.08. The number of hydrogen-bond donors (Lipinski definition) is 1.